The van der Waals surface area contributed by atoms with Crippen molar-refractivity contribution in [3.8, 4) is 16.8 Å². The van der Waals surface area contributed by atoms with Gasteiger partial charge in [0.25, 0.3) is 0 Å². The van der Waals surface area contributed by atoms with Crippen LogP contribution >= 0.6 is 11.6 Å². The number of halogens is 1. The third-order valence-electron chi connectivity index (χ3n) is 6.42. The van der Waals surface area contributed by atoms with Crippen LogP contribution in [0.2, 0.25) is 5.02 Å². The third kappa shape index (κ3) is 4.74. The standard InChI is InChI=1S/C26H22ClN5O4/c27-19-6-10-24(32-12-11-29-31-32)21(14-19)17-3-9-23(28-15-17)22(13-16-1-2-16)25(33)30-20-7-4-18(5-8-20)26(34)35-36-26/h3-12,14-16,22,34H,1-2,13H2,(H,30,33). The van der Waals surface area contributed by atoms with Crippen LogP contribution in [0.15, 0.2) is 73.2 Å². The normalized spacial score (nSPS) is 16.9. The van der Waals surface area contributed by atoms with Crippen LogP contribution in [-0.4, -0.2) is 31.0 Å². The third-order valence-corrected chi connectivity index (χ3v) is 6.66. The molecule has 1 aliphatic carbocycles. The Morgan fingerprint density at radius 1 is 1.17 bits per heavy atom. The average molecular weight is 504 g/mol. The second-order valence-corrected chi connectivity index (χ2v) is 9.46. The SMILES string of the molecule is O=C(Nc1ccc(C2(O)OO2)cc1)C(CC1CC1)c1ccc(-c2cc(Cl)ccc2-n2ccnn2)cn1. The van der Waals surface area contributed by atoms with Gasteiger partial charge in [0, 0.05) is 33.6 Å². The van der Waals surface area contributed by atoms with Gasteiger partial charge >= 0.3 is 5.97 Å². The summed E-state index contributed by atoms with van der Waals surface area (Å²) in [5.41, 5.74) is 4.32. The van der Waals surface area contributed by atoms with E-state index in [1.54, 1.807) is 53.6 Å². The number of hydrogen-bond acceptors (Lipinski definition) is 7. The molecule has 3 heterocycles. The monoisotopic (exact) mass is 503 g/mol. The van der Waals surface area contributed by atoms with Gasteiger partial charge in [-0.3, -0.25) is 9.78 Å². The minimum absolute atomic E-state index is 0.126. The smallest absolute Gasteiger partial charge is 0.336 e. The fourth-order valence-corrected chi connectivity index (χ4v) is 4.40. The zero-order valence-corrected chi connectivity index (χ0v) is 19.8. The molecular formula is C26H22ClN5O4. The molecule has 1 saturated heterocycles. The lowest BCUT2D eigenvalue weighted by molar-refractivity contribution is -0.117. The number of aliphatic hydroxyl groups is 1. The van der Waals surface area contributed by atoms with E-state index >= 15 is 0 Å². The molecular weight excluding hydrogens is 482 g/mol. The van der Waals surface area contributed by atoms with E-state index in [-0.39, 0.29) is 11.8 Å². The highest BCUT2D eigenvalue weighted by molar-refractivity contribution is 6.31. The van der Waals surface area contributed by atoms with E-state index in [1.807, 2.05) is 24.3 Å². The molecule has 2 fully saturated rings. The van der Waals surface area contributed by atoms with Crippen LogP contribution in [0.25, 0.3) is 16.8 Å². The van der Waals surface area contributed by atoms with E-state index in [4.69, 9.17) is 16.6 Å². The number of hydrogen-bond donors (Lipinski definition) is 2. The summed E-state index contributed by atoms with van der Waals surface area (Å²) in [5.74, 6) is -1.67. The highest BCUT2D eigenvalue weighted by Crippen LogP contribution is 2.40. The van der Waals surface area contributed by atoms with Crippen molar-refractivity contribution in [2.75, 3.05) is 5.32 Å². The molecule has 2 aromatic heterocycles. The fourth-order valence-electron chi connectivity index (χ4n) is 4.22. The van der Waals surface area contributed by atoms with Gasteiger partial charge in [0.2, 0.25) is 5.91 Å². The Balaban J connectivity index is 1.24. The van der Waals surface area contributed by atoms with Crippen molar-refractivity contribution in [1.82, 2.24) is 20.0 Å². The Morgan fingerprint density at radius 3 is 2.61 bits per heavy atom. The molecule has 0 radical (unpaired) electrons. The van der Waals surface area contributed by atoms with E-state index in [0.717, 1.165) is 36.1 Å². The van der Waals surface area contributed by atoms with Crippen LogP contribution in [0.1, 0.15) is 36.4 Å². The zero-order valence-electron chi connectivity index (χ0n) is 19.0. The number of benzene rings is 2. The number of carbonyl (C=O) groups excluding carboxylic acids is 1. The topological polar surface area (TPSA) is 118 Å². The quantitative estimate of drug-likeness (QED) is 0.267. The van der Waals surface area contributed by atoms with Crippen molar-refractivity contribution in [3.05, 3.63) is 89.5 Å². The lowest BCUT2D eigenvalue weighted by Crippen LogP contribution is -2.22. The zero-order chi connectivity index (χ0) is 24.7. The van der Waals surface area contributed by atoms with E-state index < -0.39 is 5.97 Å². The molecule has 1 saturated carbocycles. The minimum atomic E-state index is -1.68. The van der Waals surface area contributed by atoms with E-state index in [9.17, 15) is 9.90 Å². The molecule has 1 aliphatic heterocycles. The summed E-state index contributed by atoms with van der Waals surface area (Å²) in [6.07, 6.45) is 8.13. The van der Waals surface area contributed by atoms with Crippen LogP contribution in [-0.2, 0) is 20.5 Å². The van der Waals surface area contributed by atoms with Gasteiger partial charge in [0.15, 0.2) is 0 Å². The summed E-state index contributed by atoms with van der Waals surface area (Å²) >= 11 is 6.28. The predicted octanol–water partition coefficient (Wildman–Crippen LogP) is 4.57. The molecule has 1 unspecified atom stereocenters. The van der Waals surface area contributed by atoms with Gasteiger partial charge in [-0.05, 0) is 60.9 Å². The summed E-state index contributed by atoms with van der Waals surface area (Å²) in [6, 6.07) is 16.1. The maximum atomic E-state index is 13.3. The molecule has 6 rings (SSSR count). The summed E-state index contributed by atoms with van der Waals surface area (Å²) < 4.78 is 1.67. The first-order chi connectivity index (χ1) is 17.5. The van der Waals surface area contributed by atoms with Gasteiger partial charge in [0.05, 0.1) is 29.7 Å². The Morgan fingerprint density at radius 2 is 1.97 bits per heavy atom. The van der Waals surface area contributed by atoms with Gasteiger partial charge in [-0.1, -0.05) is 35.7 Å². The molecule has 182 valence electrons. The lowest BCUT2D eigenvalue weighted by atomic mass is 9.95. The van der Waals surface area contributed by atoms with Gasteiger partial charge < -0.3 is 10.4 Å². The van der Waals surface area contributed by atoms with Gasteiger partial charge in [-0.2, -0.15) is 9.78 Å². The summed E-state index contributed by atoms with van der Waals surface area (Å²) in [6.45, 7) is 0. The first-order valence-corrected chi connectivity index (χ1v) is 12.0. The average Bonchev–Trinajstić information content (AvgIpc) is 3.81. The fraction of sp³-hybridized carbons (Fsp3) is 0.231. The first kappa shape index (κ1) is 22.8. The molecule has 4 aromatic rings. The van der Waals surface area contributed by atoms with E-state index in [0.29, 0.717) is 27.9 Å². The van der Waals surface area contributed by atoms with Crippen LogP contribution in [0.4, 0.5) is 5.69 Å². The number of anilines is 1. The Labute approximate surface area is 211 Å². The maximum absolute atomic E-state index is 13.3. The Hall–Kier alpha value is -3.63. The molecule has 0 spiro atoms. The van der Waals surface area contributed by atoms with Crippen molar-refractivity contribution in [2.24, 2.45) is 5.92 Å². The van der Waals surface area contributed by atoms with Crippen molar-refractivity contribution >= 4 is 23.2 Å². The van der Waals surface area contributed by atoms with Gasteiger partial charge in [-0.15, -0.1) is 5.10 Å². The second-order valence-electron chi connectivity index (χ2n) is 9.03. The minimum Gasteiger partial charge on any atom is -0.336 e. The number of nitrogens with one attached hydrogen (secondary N) is 1. The van der Waals surface area contributed by atoms with Gasteiger partial charge in [0.1, 0.15) is 0 Å². The van der Waals surface area contributed by atoms with Crippen LogP contribution < -0.4 is 5.32 Å². The number of aromatic nitrogens is 4. The van der Waals surface area contributed by atoms with Crippen LogP contribution in [0.3, 0.4) is 0 Å². The molecule has 9 nitrogen and oxygen atoms in total. The first-order valence-electron chi connectivity index (χ1n) is 11.6. The number of carbonyl (C=O) groups is 1. The predicted molar refractivity (Wildman–Crippen MR) is 131 cm³/mol. The maximum Gasteiger partial charge on any atom is 0.365 e. The molecule has 10 heteroatoms. The highest BCUT2D eigenvalue weighted by Gasteiger charge is 2.49. The molecule has 0 bridgehead atoms. The van der Waals surface area contributed by atoms with Crippen LogP contribution in [0, 0.1) is 5.92 Å². The lowest BCUT2D eigenvalue weighted by Gasteiger charge is -2.17. The Kier molecular flexibility index (Phi) is 5.77. The highest BCUT2D eigenvalue weighted by atomic mass is 35.5. The number of nitrogens with zero attached hydrogens (tertiary/aromatic N) is 4. The number of amides is 1. The molecule has 2 aliphatic rings. The molecule has 1 atom stereocenters. The Bertz CT molecular complexity index is 1390. The van der Waals surface area contributed by atoms with Gasteiger partial charge in [-0.25, -0.2) is 4.68 Å². The van der Waals surface area contributed by atoms with Crippen molar-refractivity contribution < 1.29 is 19.7 Å². The molecule has 2 aromatic carbocycles. The molecule has 2 N–H and O–H groups in total. The molecule has 36 heavy (non-hydrogen) atoms. The summed E-state index contributed by atoms with van der Waals surface area (Å²) in [4.78, 5) is 27.1. The largest absolute Gasteiger partial charge is 0.365 e. The number of pyridine rings is 1. The summed E-state index contributed by atoms with van der Waals surface area (Å²) in [5, 5.41) is 21.4. The van der Waals surface area contributed by atoms with E-state index in [1.165, 1.54) is 0 Å². The van der Waals surface area contributed by atoms with E-state index in [2.05, 4.69) is 25.4 Å². The van der Waals surface area contributed by atoms with Crippen LogP contribution in [0.5, 0.6) is 0 Å². The van der Waals surface area contributed by atoms with Crippen molar-refractivity contribution in [1.29, 1.82) is 0 Å². The molecule has 1 amide bonds. The second kappa shape index (κ2) is 9.11. The van der Waals surface area contributed by atoms with Crippen molar-refractivity contribution in [2.45, 2.75) is 31.2 Å². The summed E-state index contributed by atoms with van der Waals surface area (Å²) in [7, 11) is 0. The van der Waals surface area contributed by atoms with Crippen molar-refractivity contribution in [3.63, 3.8) is 0 Å². The number of rotatable bonds is 8.